The van der Waals surface area contributed by atoms with Crippen molar-refractivity contribution in [2.24, 2.45) is 0 Å². The second-order valence-electron chi connectivity index (χ2n) is 4.01. The van der Waals surface area contributed by atoms with E-state index in [2.05, 4.69) is 5.32 Å². The molecule has 1 aromatic rings. The fourth-order valence-electron chi connectivity index (χ4n) is 1.52. The Balaban J connectivity index is 2.53. The Bertz CT molecular complexity index is 490. The van der Waals surface area contributed by atoms with Crippen LogP contribution in [0, 0.1) is 11.3 Å². The van der Waals surface area contributed by atoms with Crippen molar-refractivity contribution in [1.29, 1.82) is 5.26 Å². The van der Waals surface area contributed by atoms with Crippen LogP contribution in [0.3, 0.4) is 0 Å². The largest absolute Gasteiger partial charge is 0.481 e. The molecule has 0 aromatic heterocycles. The second kappa shape index (κ2) is 7.13. The first kappa shape index (κ1) is 14.7. The fourth-order valence-corrected chi connectivity index (χ4v) is 1.52. The maximum absolute atomic E-state index is 10.9. The highest BCUT2D eigenvalue weighted by Crippen LogP contribution is 2.05. The average molecular weight is 262 g/mol. The van der Waals surface area contributed by atoms with Crippen LogP contribution in [-0.2, 0) is 16.1 Å². The predicted molar refractivity (Wildman–Crippen MR) is 66.3 cm³/mol. The van der Waals surface area contributed by atoms with Crippen molar-refractivity contribution in [2.45, 2.75) is 25.4 Å². The molecule has 0 heterocycles. The zero-order valence-corrected chi connectivity index (χ0v) is 10.2. The Hall–Kier alpha value is -2.39. The summed E-state index contributed by atoms with van der Waals surface area (Å²) in [5, 5.41) is 28.9. The van der Waals surface area contributed by atoms with E-state index in [9.17, 15) is 9.59 Å². The number of rotatable bonds is 7. The third kappa shape index (κ3) is 5.19. The van der Waals surface area contributed by atoms with Gasteiger partial charge in [-0.2, -0.15) is 5.26 Å². The van der Waals surface area contributed by atoms with Crippen molar-refractivity contribution in [3.8, 4) is 6.07 Å². The summed E-state index contributed by atoms with van der Waals surface area (Å²) in [5.74, 6) is -2.10. The lowest BCUT2D eigenvalue weighted by molar-refractivity contribution is -0.140. The lowest BCUT2D eigenvalue weighted by Gasteiger charge is -2.13. The van der Waals surface area contributed by atoms with Crippen molar-refractivity contribution in [3.63, 3.8) is 0 Å². The highest BCUT2D eigenvalue weighted by Gasteiger charge is 2.17. The summed E-state index contributed by atoms with van der Waals surface area (Å²) < 4.78 is 0. The Morgan fingerprint density at radius 1 is 1.26 bits per heavy atom. The van der Waals surface area contributed by atoms with Crippen molar-refractivity contribution in [3.05, 3.63) is 35.4 Å². The first-order valence-corrected chi connectivity index (χ1v) is 5.70. The number of nitriles is 1. The molecule has 0 unspecified atom stereocenters. The molecule has 0 saturated heterocycles. The van der Waals surface area contributed by atoms with E-state index in [4.69, 9.17) is 15.5 Å². The van der Waals surface area contributed by atoms with E-state index >= 15 is 0 Å². The summed E-state index contributed by atoms with van der Waals surface area (Å²) >= 11 is 0. The molecule has 0 saturated carbocycles. The number of hydrogen-bond donors (Lipinski definition) is 3. The molecule has 0 aliphatic carbocycles. The van der Waals surface area contributed by atoms with Crippen LogP contribution in [0.25, 0.3) is 0 Å². The molecule has 3 N–H and O–H groups in total. The average Bonchev–Trinajstić information content (AvgIpc) is 2.38. The van der Waals surface area contributed by atoms with Gasteiger partial charge in [0.1, 0.15) is 6.04 Å². The molecule has 100 valence electrons. The minimum Gasteiger partial charge on any atom is -0.481 e. The summed E-state index contributed by atoms with van der Waals surface area (Å²) in [6.45, 7) is 0.308. The molecular weight excluding hydrogens is 248 g/mol. The van der Waals surface area contributed by atoms with Crippen molar-refractivity contribution in [1.82, 2.24) is 5.32 Å². The fraction of sp³-hybridized carbons (Fsp3) is 0.308. The zero-order valence-electron chi connectivity index (χ0n) is 10.2. The molecule has 0 amide bonds. The van der Waals surface area contributed by atoms with Crippen LogP contribution < -0.4 is 5.32 Å². The van der Waals surface area contributed by atoms with Crippen molar-refractivity contribution >= 4 is 11.9 Å². The van der Waals surface area contributed by atoms with Gasteiger partial charge < -0.3 is 15.5 Å². The van der Waals surface area contributed by atoms with Crippen LogP contribution in [0.2, 0.25) is 0 Å². The third-order valence-corrected chi connectivity index (χ3v) is 2.58. The standard InChI is InChI=1S/C13H14N2O4/c14-7-9-1-3-10(4-2-9)8-15-11(13(18)19)5-6-12(16)17/h1-4,11,15H,5-6,8H2,(H,16,17)(H,18,19)/t11-/m0/s1. The SMILES string of the molecule is N#Cc1ccc(CN[C@@H](CCC(=O)O)C(=O)O)cc1. The zero-order chi connectivity index (χ0) is 14.3. The van der Waals surface area contributed by atoms with Crippen LogP contribution in [0.4, 0.5) is 0 Å². The molecule has 1 aromatic carbocycles. The summed E-state index contributed by atoms with van der Waals surface area (Å²) in [6.07, 6.45) is -0.168. The number of hydrogen-bond acceptors (Lipinski definition) is 4. The first-order chi connectivity index (χ1) is 9.02. The van der Waals surface area contributed by atoms with Crippen LogP contribution in [0.15, 0.2) is 24.3 Å². The van der Waals surface area contributed by atoms with Gasteiger partial charge in [-0.05, 0) is 24.1 Å². The van der Waals surface area contributed by atoms with Crippen LogP contribution in [-0.4, -0.2) is 28.2 Å². The predicted octanol–water partition coefficient (Wildman–Crippen LogP) is 0.966. The molecule has 1 rings (SSSR count). The summed E-state index contributed by atoms with van der Waals surface area (Å²) in [4.78, 5) is 21.4. The third-order valence-electron chi connectivity index (χ3n) is 2.58. The van der Waals surface area contributed by atoms with Gasteiger partial charge >= 0.3 is 11.9 Å². The summed E-state index contributed by atoms with van der Waals surface area (Å²) in [7, 11) is 0. The van der Waals surface area contributed by atoms with Gasteiger partial charge in [-0.25, -0.2) is 0 Å². The number of nitrogens with one attached hydrogen (secondary N) is 1. The molecule has 0 spiro atoms. The Labute approximate surface area is 110 Å². The molecule has 1 atom stereocenters. The van der Waals surface area contributed by atoms with E-state index in [0.717, 1.165) is 5.56 Å². The van der Waals surface area contributed by atoms with Gasteiger partial charge in [0, 0.05) is 13.0 Å². The number of nitrogens with zero attached hydrogens (tertiary/aromatic N) is 1. The van der Waals surface area contributed by atoms with Gasteiger partial charge in [-0.15, -0.1) is 0 Å². The summed E-state index contributed by atoms with van der Waals surface area (Å²) in [5.41, 5.74) is 1.37. The number of carboxylic acids is 2. The quantitative estimate of drug-likeness (QED) is 0.675. The van der Waals surface area contributed by atoms with E-state index in [1.165, 1.54) is 0 Å². The van der Waals surface area contributed by atoms with Gasteiger partial charge in [0.2, 0.25) is 0 Å². The van der Waals surface area contributed by atoms with Crippen LogP contribution in [0.5, 0.6) is 0 Å². The van der Waals surface area contributed by atoms with Gasteiger partial charge in [0.25, 0.3) is 0 Å². The number of aliphatic carboxylic acids is 2. The normalized spacial score (nSPS) is 11.5. The molecule has 19 heavy (non-hydrogen) atoms. The minimum atomic E-state index is -1.07. The Kier molecular flexibility index (Phi) is 5.51. The number of carboxylic acid groups (broad SMARTS) is 2. The van der Waals surface area contributed by atoms with Crippen molar-refractivity contribution < 1.29 is 19.8 Å². The molecule has 0 fully saturated rings. The van der Waals surface area contributed by atoms with Crippen LogP contribution in [0.1, 0.15) is 24.0 Å². The first-order valence-electron chi connectivity index (χ1n) is 5.70. The smallest absolute Gasteiger partial charge is 0.320 e. The molecule has 0 aliphatic heterocycles. The topological polar surface area (TPSA) is 110 Å². The highest BCUT2D eigenvalue weighted by atomic mass is 16.4. The van der Waals surface area contributed by atoms with E-state index in [1.807, 2.05) is 6.07 Å². The van der Waals surface area contributed by atoms with E-state index in [1.54, 1.807) is 24.3 Å². The Morgan fingerprint density at radius 2 is 1.89 bits per heavy atom. The van der Waals surface area contributed by atoms with E-state index in [0.29, 0.717) is 12.1 Å². The van der Waals surface area contributed by atoms with Gasteiger partial charge in [-0.3, -0.25) is 9.59 Å². The van der Waals surface area contributed by atoms with Crippen molar-refractivity contribution in [2.75, 3.05) is 0 Å². The number of benzene rings is 1. The molecule has 0 radical (unpaired) electrons. The van der Waals surface area contributed by atoms with E-state index in [-0.39, 0.29) is 12.8 Å². The van der Waals surface area contributed by atoms with Gasteiger partial charge in [0.05, 0.1) is 11.6 Å². The summed E-state index contributed by atoms with van der Waals surface area (Å²) in [6, 6.07) is 7.83. The highest BCUT2D eigenvalue weighted by molar-refractivity contribution is 5.75. The molecule has 6 nitrogen and oxygen atoms in total. The minimum absolute atomic E-state index is 0.0287. The lowest BCUT2D eigenvalue weighted by Crippen LogP contribution is -2.36. The number of carbonyl (C=O) groups is 2. The maximum Gasteiger partial charge on any atom is 0.320 e. The maximum atomic E-state index is 10.9. The Morgan fingerprint density at radius 3 is 2.37 bits per heavy atom. The monoisotopic (exact) mass is 262 g/mol. The molecule has 0 aliphatic rings. The molecular formula is C13H14N2O4. The van der Waals surface area contributed by atoms with Gasteiger partial charge in [0.15, 0.2) is 0 Å². The second-order valence-corrected chi connectivity index (χ2v) is 4.01. The van der Waals surface area contributed by atoms with Gasteiger partial charge in [-0.1, -0.05) is 12.1 Å². The molecule has 0 bridgehead atoms. The lowest BCUT2D eigenvalue weighted by atomic mass is 10.1. The van der Waals surface area contributed by atoms with Crippen LogP contribution >= 0.6 is 0 Å². The molecule has 6 heteroatoms. The van der Waals surface area contributed by atoms with E-state index < -0.39 is 18.0 Å².